The number of nitrogens with one attached hydrogen (secondary N) is 1. The van der Waals surface area contributed by atoms with Crippen molar-refractivity contribution in [3.8, 4) is 0 Å². The highest BCUT2D eigenvalue weighted by Crippen LogP contribution is 2.17. The largest absolute Gasteiger partial charge is 0.461 e. The van der Waals surface area contributed by atoms with E-state index in [1.807, 2.05) is 30.3 Å². The molecule has 2 rings (SSSR count). The van der Waals surface area contributed by atoms with E-state index in [1.165, 1.54) is 6.42 Å². The van der Waals surface area contributed by atoms with Crippen LogP contribution in [0.3, 0.4) is 0 Å². The summed E-state index contributed by atoms with van der Waals surface area (Å²) >= 11 is 0. The van der Waals surface area contributed by atoms with E-state index in [9.17, 15) is 9.59 Å². The smallest absolute Gasteiger partial charge is 0.308 e. The van der Waals surface area contributed by atoms with Gasteiger partial charge in [-0.3, -0.25) is 9.59 Å². The minimum atomic E-state index is -0.842. The second kappa shape index (κ2) is 8.54. The lowest BCUT2D eigenvalue weighted by molar-refractivity contribution is -0.146. The number of nitrogens with two attached hydrogens (primary N) is 1. The van der Waals surface area contributed by atoms with E-state index >= 15 is 0 Å². The molecule has 5 nitrogen and oxygen atoms in total. The highest BCUT2D eigenvalue weighted by atomic mass is 16.5. The molecule has 22 heavy (non-hydrogen) atoms. The van der Waals surface area contributed by atoms with Gasteiger partial charge in [0.1, 0.15) is 6.61 Å². The van der Waals surface area contributed by atoms with Gasteiger partial charge in [-0.2, -0.15) is 0 Å². The van der Waals surface area contributed by atoms with Gasteiger partial charge in [0.05, 0.1) is 12.5 Å². The Morgan fingerprint density at radius 1 is 1.18 bits per heavy atom. The number of carbonyl (C=O) groups is 2. The average Bonchev–Trinajstić information content (AvgIpc) is 2.55. The van der Waals surface area contributed by atoms with Gasteiger partial charge in [0.15, 0.2) is 0 Å². The first-order valence-corrected chi connectivity index (χ1v) is 7.90. The first kappa shape index (κ1) is 16.5. The van der Waals surface area contributed by atoms with E-state index < -0.39 is 12.0 Å². The van der Waals surface area contributed by atoms with Crippen LogP contribution >= 0.6 is 0 Å². The number of carbonyl (C=O) groups excluding carboxylic acids is 2. The van der Waals surface area contributed by atoms with Crippen molar-refractivity contribution >= 4 is 11.9 Å². The van der Waals surface area contributed by atoms with Crippen molar-refractivity contribution in [3.05, 3.63) is 35.9 Å². The molecule has 0 spiro atoms. The lowest BCUT2D eigenvalue weighted by Crippen LogP contribution is -2.46. The highest BCUT2D eigenvalue weighted by molar-refractivity contribution is 5.86. The molecule has 1 atom stereocenters. The maximum Gasteiger partial charge on any atom is 0.308 e. The van der Waals surface area contributed by atoms with Gasteiger partial charge in [0.25, 0.3) is 0 Å². The van der Waals surface area contributed by atoms with Gasteiger partial charge in [-0.1, -0.05) is 49.6 Å². The van der Waals surface area contributed by atoms with Crippen LogP contribution in [0.4, 0.5) is 0 Å². The third-order valence-corrected chi connectivity index (χ3v) is 3.92. The molecule has 0 saturated heterocycles. The quantitative estimate of drug-likeness (QED) is 0.786. The molecule has 1 aromatic carbocycles. The van der Waals surface area contributed by atoms with Crippen molar-refractivity contribution < 1.29 is 14.3 Å². The maximum absolute atomic E-state index is 12.0. The first-order chi connectivity index (χ1) is 10.6. The van der Waals surface area contributed by atoms with Gasteiger partial charge in [0, 0.05) is 6.04 Å². The van der Waals surface area contributed by atoms with Crippen LogP contribution in [-0.4, -0.2) is 24.0 Å². The van der Waals surface area contributed by atoms with Crippen molar-refractivity contribution in [1.82, 2.24) is 5.32 Å². The van der Waals surface area contributed by atoms with Crippen LogP contribution in [0.5, 0.6) is 0 Å². The SMILES string of the molecule is N[C@@H](CC(=O)OCc1ccccc1)C(=O)NC1CCCCC1. The molecular weight excluding hydrogens is 280 g/mol. The molecule has 5 heteroatoms. The van der Waals surface area contributed by atoms with Crippen LogP contribution in [-0.2, 0) is 20.9 Å². The van der Waals surface area contributed by atoms with Crippen molar-refractivity contribution in [2.75, 3.05) is 0 Å². The number of amides is 1. The molecule has 1 aliphatic rings. The van der Waals surface area contributed by atoms with Crippen molar-refractivity contribution in [1.29, 1.82) is 0 Å². The predicted molar refractivity (Wildman–Crippen MR) is 83.8 cm³/mol. The van der Waals surface area contributed by atoms with E-state index in [0.717, 1.165) is 31.2 Å². The van der Waals surface area contributed by atoms with Crippen LogP contribution in [0.1, 0.15) is 44.1 Å². The Morgan fingerprint density at radius 2 is 1.86 bits per heavy atom. The fourth-order valence-corrected chi connectivity index (χ4v) is 2.62. The average molecular weight is 304 g/mol. The van der Waals surface area contributed by atoms with Crippen LogP contribution in [0.25, 0.3) is 0 Å². The zero-order chi connectivity index (χ0) is 15.8. The molecule has 0 heterocycles. The Kier molecular flexibility index (Phi) is 6.40. The molecule has 1 aromatic rings. The van der Waals surface area contributed by atoms with Gasteiger partial charge in [-0.05, 0) is 18.4 Å². The molecule has 1 aliphatic carbocycles. The van der Waals surface area contributed by atoms with E-state index in [1.54, 1.807) is 0 Å². The fourth-order valence-electron chi connectivity index (χ4n) is 2.62. The normalized spacial score (nSPS) is 16.8. The zero-order valence-electron chi connectivity index (χ0n) is 12.8. The van der Waals surface area contributed by atoms with Crippen molar-refractivity contribution in [2.24, 2.45) is 5.73 Å². The van der Waals surface area contributed by atoms with E-state index in [2.05, 4.69) is 5.32 Å². The minimum Gasteiger partial charge on any atom is -0.461 e. The molecular formula is C17H24N2O3. The predicted octanol–water partition coefficient (Wildman–Crippen LogP) is 1.90. The van der Waals surface area contributed by atoms with Crippen LogP contribution in [0.2, 0.25) is 0 Å². The highest BCUT2D eigenvalue weighted by Gasteiger charge is 2.22. The number of rotatable bonds is 6. The third kappa shape index (κ3) is 5.48. The second-order valence-corrected chi connectivity index (χ2v) is 5.80. The summed E-state index contributed by atoms with van der Waals surface area (Å²) in [6.45, 7) is 0.205. The molecule has 0 unspecified atom stereocenters. The lowest BCUT2D eigenvalue weighted by Gasteiger charge is -2.24. The summed E-state index contributed by atoms with van der Waals surface area (Å²) < 4.78 is 5.14. The van der Waals surface area contributed by atoms with E-state index in [4.69, 9.17) is 10.5 Å². The van der Waals surface area contributed by atoms with E-state index in [-0.39, 0.29) is 25.0 Å². The Hall–Kier alpha value is -1.88. The molecule has 0 radical (unpaired) electrons. The Morgan fingerprint density at radius 3 is 2.55 bits per heavy atom. The number of hydrogen-bond acceptors (Lipinski definition) is 4. The minimum absolute atomic E-state index is 0.0919. The number of benzene rings is 1. The first-order valence-electron chi connectivity index (χ1n) is 7.90. The number of esters is 1. The number of hydrogen-bond donors (Lipinski definition) is 2. The van der Waals surface area contributed by atoms with Crippen molar-refractivity contribution in [3.63, 3.8) is 0 Å². The Labute approximate surface area is 131 Å². The summed E-state index contributed by atoms with van der Waals surface area (Å²) in [6, 6.07) is 8.78. The van der Waals surface area contributed by atoms with Gasteiger partial charge < -0.3 is 15.8 Å². The molecule has 120 valence electrons. The van der Waals surface area contributed by atoms with Gasteiger partial charge >= 0.3 is 5.97 Å². The molecule has 1 fully saturated rings. The van der Waals surface area contributed by atoms with Crippen molar-refractivity contribution in [2.45, 2.75) is 57.2 Å². The second-order valence-electron chi connectivity index (χ2n) is 5.80. The Bertz CT molecular complexity index is 484. The summed E-state index contributed by atoms with van der Waals surface area (Å²) in [5, 5.41) is 2.93. The maximum atomic E-state index is 12.0. The van der Waals surface area contributed by atoms with Crippen LogP contribution in [0.15, 0.2) is 30.3 Å². The lowest BCUT2D eigenvalue weighted by atomic mass is 9.95. The zero-order valence-corrected chi connectivity index (χ0v) is 12.8. The molecule has 1 saturated carbocycles. The van der Waals surface area contributed by atoms with Gasteiger partial charge in [-0.25, -0.2) is 0 Å². The van der Waals surface area contributed by atoms with Gasteiger partial charge in [0.2, 0.25) is 5.91 Å². The van der Waals surface area contributed by atoms with Crippen LogP contribution in [0, 0.1) is 0 Å². The Balaban J connectivity index is 1.69. The third-order valence-electron chi connectivity index (χ3n) is 3.92. The summed E-state index contributed by atoms with van der Waals surface area (Å²) in [6.07, 6.45) is 5.40. The molecule has 1 amide bonds. The molecule has 0 aromatic heterocycles. The molecule has 3 N–H and O–H groups in total. The summed E-state index contributed by atoms with van der Waals surface area (Å²) in [5.41, 5.74) is 6.70. The molecule has 0 bridgehead atoms. The summed E-state index contributed by atoms with van der Waals surface area (Å²) in [7, 11) is 0. The molecule has 0 aliphatic heterocycles. The number of ether oxygens (including phenoxy) is 1. The fraction of sp³-hybridized carbons (Fsp3) is 0.529. The summed E-state index contributed by atoms with van der Waals surface area (Å²) in [4.78, 5) is 23.7. The monoisotopic (exact) mass is 304 g/mol. The summed E-state index contributed by atoms with van der Waals surface area (Å²) in [5.74, 6) is -0.710. The van der Waals surface area contributed by atoms with Gasteiger partial charge in [-0.15, -0.1) is 0 Å². The van der Waals surface area contributed by atoms with E-state index in [0.29, 0.717) is 0 Å². The standard InChI is InChI=1S/C17H24N2O3/c18-15(17(21)19-14-9-5-2-6-10-14)11-16(20)22-12-13-7-3-1-4-8-13/h1,3-4,7-8,14-15H,2,5-6,9-12,18H2,(H,19,21)/t15-/m0/s1. The van der Waals surface area contributed by atoms with Crippen LogP contribution < -0.4 is 11.1 Å². The topological polar surface area (TPSA) is 81.4 Å².